The van der Waals surface area contributed by atoms with E-state index in [1.54, 1.807) is 12.3 Å². The van der Waals surface area contributed by atoms with E-state index < -0.39 is 0 Å². The standard InChI is InChI=1S/C13H16N2O/c1-8(2)12(14)9-5-6-11(16)13-10(9)4-3-7-15-13/h3-8,12,16H,14H2,1-2H3. The van der Waals surface area contributed by atoms with Crippen molar-refractivity contribution < 1.29 is 5.11 Å². The molecule has 1 unspecified atom stereocenters. The normalized spacial score (nSPS) is 13.2. The summed E-state index contributed by atoms with van der Waals surface area (Å²) in [5, 5.41) is 10.6. The molecule has 1 heterocycles. The van der Waals surface area contributed by atoms with E-state index in [4.69, 9.17) is 5.73 Å². The van der Waals surface area contributed by atoms with Crippen LogP contribution in [0.15, 0.2) is 30.5 Å². The number of aromatic hydroxyl groups is 1. The molecule has 3 nitrogen and oxygen atoms in total. The van der Waals surface area contributed by atoms with Gasteiger partial charge in [0.2, 0.25) is 0 Å². The molecule has 1 atom stereocenters. The maximum Gasteiger partial charge on any atom is 0.141 e. The average molecular weight is 216 g/mol. The van der Waals surface area contributed by atoms with Crippen molar-refractivity contribution in [2.45, 2.75) is 19.9 Å². The van der Waals surface area contributed by atoms with Crippen molar-refractivity contribution in [1.82, 2.24) is 4.98 Å². The Balaban J connectivity index is 2.67. The van der Waals surface area contributed by atoms with Gasteiger partial charge in [-0.3, -0.25) is 4.98 Å². The molecule has 0 amide bonds. The van der Waals surface area contributed by atoms with E-state index in [0.29, 0.717) is 11.4 Å². The molecule has 0 aliphatic heterocycles. The minimum Gasteiger partial charge on any atom is -0.506 e. The zero-order valence-electron chi connectivity index (χ0n) is 9.51. The van der Waals surface area contributed by atoms with Crippen molar-refractivity contribution in [1.29, 1.82) is 0 Å². The fraction of sp³-hybridized carbons (Fsp3) is 0.308. The molecule has 1 aromatic heterocycles. The quantitative estimate of drug-likeness (QED) is 0.811. The first kappa shape index (κ1) is 10.9. The molecular weight excluding hydrogens is 200 g/mol. The van der Waals surface area contributed by atoms with Crippen LogP contribution in [-0.4, -0.2) is 10.1 Å². The molecule has 0 fully saturated rings. The smallest absolute Gasteiger partial charge is 0.141 e. The van der Waals surface area contributed by atoms with Gasteiger partial charge in [-0.1, -0.05) is 26.0 Å². The first-order valence-electron chi connectivity index (χ1n) is 5.43. The Kier molecular flexibility index (Phi) is 2.79. The van der Waals surface area contributed by atoms with Crippen LogP contribution in [0.25, 0.3) is 10.9 Å². The molecule has 1 aromatic carbocycles. The summed E-state index contributed by atoms with van der Waals surface area (Å²) in [5.74, 6) is 0.559. The lowest BCUT2D eigenvalue weighted by Gasteiger charge is -2.18. The number of pyridine rings is 1. The summed E-state index contributed by atoms with van der Waals surface area (Å²) < 4.78 is 0. The first-order chi connectivity index (χ1) is 7.61. The van der Waals surface area contributed by atoms with Crippen LogP contribution >= 0.6 is 0 Å². The number of benzene rings is 1. The molecule has 2 aromatic rings. The predicted molar refractivity (Wildman–Crippen MR) is 65.2 cm³/mol. The van der Waals surface area contributed by atoms with Gasteiger partial charge in [-0.2, -0.15) is 0 Å². The zero-order valence-corrected chi connectivity index (χ0v) is 9.51. The Morgan fingerprint density at radius 1 is 1.25 bits per heavy atom. The van der Waals surface area contributed by atoms with E-state index in [9.17, 15) is 5.11 Å². The topological polar surface area (TPSA) is 59.1 Å². The summed E-state index contributed by atoms with van der Waals surface area (Å²) >= 11 is 0. The lowest BCUT2D eigenvalue weighted by Crippen LogP contribution is -2.17. The highest BCUT2D eigenvalue weighted by Crippen LogP contribution is 2.30. The van der Waals surface area contributed by atoms with Crippen molar-refractivity contribution in [3.8, 4) is 5.75 Å². The number of nitrogens with zero attached hydrogens (tertiary/aromatic N) is 1. The van der Waals surface area contributed by atoms with Gasteiger partial charge in [0.1, 0.15) is 11.3 Å². The van der Waals surface area contributed by atoms with Gasteiger partial charge < -0.3 is 10.8 Å². The second-order valence-electron chi connectivity index (χ2n) is 4.34. The Hall–Kier alpha value is -1.61. The summed E-state index contributed by atoms with van der Waals surface area (Å²) in [7, 11) is 0. The summed E-state index contributed by atoms with van der Waals surface area (Å²) in [6.45, 7) is 4.17. The zero-order chi connectivity index (χ0) is 11.7. The molecular formula is C13H16N2O. The monoisotopic (exact) mass is 216 g/mol. The Morgan fingerprint density at radius 3 is 2.69 bits per heavy atom. The van der Waals surface area contributed by atoms with Crippen LogP contribution in [0.5, 0.6) is 5.75 Å². The number of phenolic OH excluding ortho intramolecular Hbond substituents is 1. The number of aromatic nitrogens is 1. The average Bonchev–Trinajstić information content (AvgIpc) is 2.29. The molecule has 16 heavy (non-hydrogen) atoms. The third-order valence-corrected chi connectivity index (χ3v) is 2.86. The van der Waals surface area contributed by atoms with Gasteiger partial charge in [-0.05, 0) is 23.6 Å². The lowest BCUT2D eigenvalue weighted by atomic mass is 9.93. The van der Waals surface area contributed by atoms with Gasteiger partial charge >= 0.3 is 0 Å². The Morgan fingerprint density at radius 2 is 2.00 bits per heavy atom. The molecule has 3 N–H and O–H groups in total. The Labute approximate surface area is 94.9 Å². The SMILES string of the molecule is CC(C)C(N)c1ccc(O)c2ncccc12. The van der Waals surface area contributed by atoms with Gasteiger partial charge in [-0.15, -0.1) is 0 Å². The van der Waals surface area contributed by atoms with Crippen molar-refractivity contribution >= 4 is 10.9 Å². The van der Waals surface area contributed by atoms with Crippen LogP contribution in [0.2, 0.25) is 0 Å². The van der Waals surface area contributed by atoms with Gasteiger partial charge in [0, 0.05) is 17.6 Å². The van der Waals surface area contributed by atoms with Gasteiger partial charge in [-0.25, -0.2) is 0 Å². The number of phenols is 1. The summed E-state index contributed by atoms with van der Waals surface area (Å²) in [5.41, 5.74) is 7.80. The maximum atomic E-state index is 9.71. The molecule has 0 aliphatic carbocycles. The van der Waals surface area contributed by atoms with E-state index >= 15 is 0 Å². The molecule has 0 bridgehead atoms. The number of fused-ring (bicyclic) bond motifs is 1. The van der Waals surface area contributed by atoms with Gasteiger partial charge in [0.15, 0.2) is 0 Å². The molecule has 0 spiro atoms. The van der Waals surface area contributed by atoms with Crippen LogP contribution in [0, 0.1) is 5.92 Å². The van der Waals surface area contributed by atoms with E-state index in [1.807, 2.05) is 18.2 Å². The van der Waals surface area contributed by atoms with Crippen LogP contribution in [0.4, 0.5) is 0 Å². The highest BCUT2D eigenvalue weighted by atomic mass is 16.3. The van der Waals surface area contributed by atoms with Crippen LogP contribution in [0.1, 0.15) is 25.5 Å². The third-order valence-electron chi connectivity index (χ3n) is 2.86. The molecule has 3 heteroatoms. The third kappa shape index (κ3) is 1.74. The summed E-state index contributed by atoms with van der Waals surface area (Å²) in [6, 6.07) is 7.31. The molecule has 0 radical (unpaired) electrons. The fourth-order valence-electron chi connectivity index (χ4n) is 1.83. The largest absolute Gasteiger partial charge is 0.506 e. The predicted octanol–water partition coefficient (Wildman–Crippen LogP) is 2.60. The van der Waals surface area contributed by atoms with E-state index in [0.717, 1.165) is 10.9 Å². The van der Waals surface area contributed by atoms with E-state index in [1.165, 1.54) is 0 Å². The highest BCUT2D eigenvalue weighted by Gasteiger charge is 2.15. The van der Waals surface area contributed by atoms with Crippen LogP contribution < -0.4 is 5.73 Å². The number of rotatable bonds is 2. The van der Waals surface area contributed by atoms with Crippen LogP contribution in [-0.2, 0) is 0 Å². The second-order valence-corrected chi connectivity index (χ2v) is 4.34. The molecule has 0 aliphatic rings. The second kappa shape index (κ2) is 4.10. The maximum absolute atomic E-state index is 9.71. The summed E-state index contributed by atoms with van der Waals surface area (Å²) in [4.78, 5) is 4.18. The van der Waals surface area contributed by atoms with Gasteiger partial charge in [0.05, 0.1) is 0 Å². The molecule has 0 saturated carbocycles. The number of nitrogens with two attached hydrogens (primary N) is 1. The minimum absolute atomic E-state index is 0.0349. The van der Waals surface area contributed by atoms with Crippen molar-refractivity contribution in [3.63, 3.8) is 0 Å². The minimum atomic E-state index is -0.0349. The van der Waals surface area contributed by atoms with Crippen LogP contribution in [0.3, 0.4) is 0 Å². The summed E-state index contributed by atoms with van der Waals surface area (Å²) in [6.07, 6.45) is 1.67. The molecule has 2 rings (SSSR count). The van der Waals surface area contributed by atoms with Crippen molar-refractivity contribution in [3.05, 3.63) is 36.0 Å². The number of hydrogen-bond acceptors (Lipinski definition) is 3. The molecule has 84 valence electrons. The van der Waals surface area contributed by atoms with E-state index in [-0.39, 0.29) is 11.8 Å². The first-order valence-corrected chi connectivity index (χ1v) is 5.43. The van der Waals surface area contributed by atoms with Crippen molar-refractivity contribution in [2.75, 3.05) is 0 Å². The number of hydrogen-bond donors (Lipinski definition) is 2. The highest BCUT2D eigenvalue weighted by molar-refractivity contribution is 5.87. The van der Waals surface area contributed by atoms with Gasteiger partial charge in [0.25, 0.3) is 0 Å². The fourth-order valence-corrected chi connectivity index (χ4v) is 1.83. The van der Waals surface area contributed by atoms with E-state index in [2.05, 4.69) is 18.8 Å². The molecule has 0 saturated heterocycles. The van der Waals surface area contributed by atoms with Crippen molar-refractivity contribution in [2.24, 2.45) is 11.7 Å². The Bertz CT molecular complexity index is 508. The lowest BCUT2D eigenvalue weighted by molar-refractivity contribution is 0.478.